The van der Waals surface area contributed by atoms with Crippen LogP contribution < -0.4 is 4.74 Å². The van der Waals surface area contributed by atoms with Gasteiger partial charge in [0.15, 0.2) is 0 Å². The Morgan fingerprint density at radius 2 is 1.88 bits per heavy atom. The van der Waals surface area contributed by atoms with Crippen LogP contribution in [0.2, 0.25) is 0 Å². The number of alkyl halides is 1. The molecule has 1 saturated heterocycles. The van der Waals surface area contributed by atoms with E-state index in [-0.39, 0.29) is 11.1 Å². The summed E-state index contributed by atoms with van der Waals surface area (Å²) in [7, 11) is 1.24. The van der Waals surface area contributed by atoms with Gasteiger partial charge in [0, 0.05) is 12.1 Å². The first-order valence-electron chi connectivity index (χ1n) is 11.8. The van der Waals surface area contributed by atoms with Gasteiger partial charge in [-0.25, -0.2) is 13.6 Å². The Kier molecular flexibility index (Phi) is 8.62. The van der Waals surface area contributed by atoms with E-state index in [4.69, 9.17) is 4.74 Å². The number of hydrogen-bond donors (Lipinski definition) is 0. The number of piperidine rings is 1. The number of halogens is 2. The maximum atomic E-state index is 14.7. The zero-order valence-corrected chi connectivity index (χ0v) is 20.1. The van der Waals surface area contributed by atoms with Crippen LogP contribution in [0.4, 0.5) is 8.78 Å². The molecule has 34 heavy (non-hydrogen) atoms. The van der Waals surface area contributed by atoms with Gasteiger partial charge in [0.1, 0.15) is 23.3 Å². The van der Waals surface area contributed by atoms with Gasteiger partial charge in [0.25, 0.3) is 0 Å². The minimum Gasteiger partial charge on any atom is -0.492 e. The smallest absolute Gasteiger partial charge is 0.337 e. The Hall–Kier alpha value is -2.98. The molecule has 5 nitrogen and oxygen atoms in total. The van der Waals surface area contributed by atoms with Gasteiger partial charge in [0.05, 0.1) is 24.8 Å². The van der Waals surface area contributed by atoms with Crippen molar-refractivity contribution in [2.24, 2.45) is 5.92 Å². The van der Waals surface area contributed by atoms with E-state index < -0.39 is 17.5 Å². The minimum absolute atomic E-state index is 0.122. The third-order valence-corrected chi connectivity index (χ3v) is 6.76. The molecule has 1 aliphatic heterocycles. The molecule has 1 heterocycles. The molecule has 3 rings (SSSR count). The topological polar surface area (TPSA) is 62.6 Å². The van der Waals surface area contributed by atoms with E-state index in [1.54, 1.807) is 18.2 Å². The SMILES string of the molecule is CCC(F)(CC)CN1CCC(COc2ccc(-c3ccc(C(=O)OC)cc3F)cc2C#N)CC1. The van der Waals surface area contributed by atoms with Crippen LogP contribution in [0.15, 0.2) is 36.4 Å². The van der Waals surface area contributed by atoms with Crippen molar-refractivity contribution in [1.82, 2.24) is 4.90 Å². The summed E-state index contributed by atoms with van der Waals surface area (Å²) < 4.78 is 39.9. The number of nitriles is 1. The summed E-state index contributed by atoms with van der Waals surface area (Å²) in [5.41, 5.74) is 0.126. The lowest BCUT2D eigenvalue weighted by Crippen LogP contribution is -2.44. The molecule has 1 fully saturated rings. The lowest BCUT2D eigenvalue weighted by molar-refractivity contribution is 0.0568. The Bertz CT molecular complexity index is 1040. The largest absolute Gasteiger partial charge is 0.492 e. The molecule has 0 N–H and O–H groups in total. The summed E-state index contributed by atoms with van der Waals surface area (Å²) in [6.45, 7) is 6.42. The fourth-order valence-corrected chi connectivity index (χ4v) is 4.30. The highest BCUT2D eigenvalue weighted by Gasteiger charge is 2.30. The molecule has 0 radical (unpaired) electrons. The molecule has 7 heteroatoms. The van der Waals surface area contributed by atoms with Crippen LogP contribution >= 0.6 is 0 Å². The molecule has 0 bridgehead atoms. The zero-order valence-electron chi connectivity index (χ0n) is 20.1. The van der Waals surface area contributed by atoms with Gasteiger partial charge in [-0.05, 0) is 74.5 Å². The molecule has 0 unspecified atom stereocenters. The third kappa shape index (κ3) is 6.12. The van der Waals surface area contributed by atoms with Crippen molar-refractivity contribution in [2.45, 2.75) is 45.2 Å². The summed E-state index contributed by atoms with van der Waals surface area (Å²) in [4.78, 5) is 13.8. The first-order chi connectivity index (χ1) is 16.3. The molecule has 2 aromatic carbocycles. The van der Waals surface area contributed by atoms with Crippen molar-refractivity contribution in [3.05, 3.63) is 53.3 Å². The predicted octanol–water partition coefficient (Wildman–Crippen LogP) is 5.77. The quantitative estimate of drug-likeness (QED) is 0.436. The van der Waals surface area contributed by atoms with E-state index >= 15 is 0 Å². The summed E-state index contributed by atoms with van der Waals surface area (Å²) in [5.74, 6) is -0.392. The number of ether oxygens (including phenoxy) is 2. The van der Waals surface area contributed by atoms with Gasteiger partial charge in [-0.2, -0.15) is 5.26 Å². The third-order valence-electron chi connectivity index (χ3n) is 6.76. The van der Waals surface area contributed by atoms with Crippen LogP contribution in [0.5, 0.6) is 5.75 Å². The Labute approximate surface area is 200 Å². The standard InChI is InChI=1S/C27H32F2N2O3/c1-4-27(29,5-2)18-31-12-10-19(11-13-31)17-34-25-9-7-20(14-22(25)16-30)23-8-6-21(15-24(23)28)26(32)33-3/h6-9,14-15,19H,4-5,10-13,17-18H2,1-3H3. The van der Waals surface area contributed by atoms with Crippen LogP contribution in [0.1, 0.15) is 55.5 Å². The molecule has 0 saturated carbocycles. The van der Waals surface area contributed by atoms with E-state index in [1.165, 1.54) is 19.2 Å². The van der Waals surface area contributed by atoms with Gasteiger partial charge in [-0.1, -0.05) is 26.0 Å². The second kappa shape index (κ2) is 11.4. The van der Waals surface area contributed by atoms with Crippen molar-refractivity contribution in [1.29, 1.82) is 5.26 Å². The van der Waals surface area contributed by atoms with Gasteiger partial charge >= 0.3 is 5.97 Å². The molecule has 2 aromatic rings. The predicted molar refractivity (Wildman–Crippen MR) is 127 cm³/mol. The number of carbonyl (C=O) groups is 1. The van der Waals surface area contributed by atoms with Crippen molar-refractivity contribution in [3.63, 3.8) is 0 Å². The summed E-state index contributed by atoms with van der Waals surface area (Å²) in [6, 6.07) is 11.2. The highest BCUT2D eigenvalue weighted by atomic mass is 19.1. The average Bonchev–Trinajstić information content (AvgIpc) is 2.87. The van der Waals surface area contributed by atoms with Crippen molar-refractivity contribution >= 4 is 5.97 Å². The molecule has 0 atom stereocenters. The van der Waals surface area contributed by atoms with Crippen molar-refractivity contribution < 1.29 is 23.0 Å². The number of nitrogens with zero attached hydrogens (tertiary/aromatic N) is 2. The minimum atomic E-state index is -1.12. The maximum Gasteiger partial charge on any atom is 0.337 e. The van der Waals surface area contributed by atoms with Crippen molar-refractivity contribution in [2.75, 3.05) is 33.4 Å². The monoisotopic (exact) mass is 470 g/mol. The van der Waals surface area contributed by atoms with E-state index in [1.807, 2.05) is 13.8 Å². The number of methoxy groups -OCH3 is 1. The van der Waals surface area contributed by atoms with E-state index in [0.717, 1.165) is 32.0 Å². The molecule has 0 aromatic heterocycles. The Morgan fingerprint density at radius 1 is 1.18 bits per heavy atom. The lowest BCUT2D eigenvalue weighted by atomic mass is 9.94. The Morgan fingerprint density at radius 3 is 2.47 bits per heavy atom. The average molecular weight is 471 g/mol. The summed E-state index contributed by atoms with van der Waals surface area (Å²) in [5, 5.41) is 9.61. The Balaban J connectivity index is 1.61. The highest BCUT2D eigenvalue weighted by molar-refractivity contribution is 5.90. The molecular weight excluding hydrogens is 438 g/mol. The fourth-order valence-electron chi connectivity index (χ4n) is 4.30. The second-order valence-electron chi connectivity index (χ2n) is 8.90. The van der Waals surface area contributed by atoms with Gasteiger partial charge in [-0.3, -0.25) is 0 Å². The number of hydrogen-bond acceptors (Lipinski definition) is 5. The number of carbonyl (C=O) groups excluding carboxylic acids is 1. The number of benzene rings is 2. The number of likely N-dealkylation sites (tertiary alicyclic amines) is 1. The fraction of sp³-hybridized carbons (Fsp3) is 0.481. The van der Waals surface area contributed by atoms with Gasteiger partial charge < -0.3 is 14.4 Å². The van der Waals surface area contributed by atoms with E-state index in [2.05, 4.69) is 15.7 Å². The van der Waals surface area contributed by atoms with Crippen LogP contribution in [0, 0.1) is 23.1 Å². The summed E-state index contributed by atoms with van der Waals surface area (Å²) >= 11 is 0. The number of esters is 1. The van der Waals surface area contributed by atoms with Crippen LogP contribution in [0.25, 0.3) is 11.1 Å². The summed E-state index contributed by atoms with van der Waals surface area (Å²) in [6.07, 6.45) is 2.89. The molecular formula is C27H32F2N2O3. The molecule has 0 aliphatic carbocycles. The number of rotatable bonds is 9. The van der Waals surface area contributed by atoms with E-state index in [0.29, 0.717) is 48.8 Å². The molecule has 182 valence electrons. The first-order valence-corrected chi connectivity index (χ1v) is 11.8. The zero-order chi connectivity index (χ0) is 24.7. The van der Waals surface area contributed by atoms with Crippen LogP contribution in [-0.4, -0.2) is 49.9 Å². The maximum absolute atomic E-state index is 14.7. The molecule has 0 amide bonds. The van der Waals surface area contributed by atoms with Crippen LogP contribution in [0.3, 0.4) is 0 Å². The molecule has 1 aliphatic rings. The van der Waals surface area contributed by atoms with Gasteiger partial charge in [-0.15, -0.1) is 0 Å². The second-order valence-corrected chi connectivity index (χ2v) is 8.90. The van der Waals surface area contributed by atoms with E-state index in [9.17, 15) is 18.8 Å². The molecule has 0 spiro atoms. The highest BCUT2D eigenvalue weighted by Crippen LogP contribution is 2.30. The van der Waals surface area contributed by atoms with Crippen molar-refractivity contribution in [3.8, 4) is 22.9 Å². The van der Waals surface area contributed by atoms with Crippen LogP contribution in [-0.2, 0) is 4.74 Å². The first kappa shape index (κ1) is 25.6. The van der Waals surface area contributed by atoms with Gasteiger partial charge in [0.2, 0.25) is 0 Å². The lowest BCUT2D eigenvalue weighted by Gasteiger charge is -2.36. The normalized spacial score (nSPS) is 15.1.